The van der Waals surface area contributed by atoms with E-state index in [1.165, 1.54) is 6.07 Å². The van der Waals surface area contributed by atoms with Gasteiger partial charge >= 0.3 is 5.97 Å². The molecule has 0 saturated heterocycles. The quantitative estimate of drug-likeness (QED) is 0.690. The first-order valence-electron chi connectivity index (χ1n) is 6.96. The first-order valence-corrected chi connectivity index (χ1v) is 6.96. The van der Waals surface area contributed by atoms with Gasteiger partial charge in [0, 0.05) is 17.1 Å². The Bertz CT molecular complexity index is 803. The summed E-state index contributed by atoms with van der Waals surface area (Å²) in [6.45, 7) is 0.0828. The summed E-state index contributed by atoms with van der Waals surface area (Å²) in [4.78, 5) is 16.0. The Hall–Kier alpha value is -2.75. The molecule has 1 heterocycles. The molecule has 4 heteroatoms. The van der Waals surface area contributed by atoms with Gasteiger partial charge in [-0.05, 0) is 23.8 Å². The third-order valence-electron chi connectivity index (χ3n) is 3.38. The molecular weight excluding hydrogens is 281 g/mol. The molecule has 2 aromatic carbocycles. The van der Waals surface area contributed by atoms with Crippen LogP contribution in [0.2, 0.25) is 0 Å². The number of aromatic nitrogens is 1. The van der Waals surface area contributed by atoms with Gasteiger partial charge in [0.2, 0.25) is 0 Å². The Morgan fingerprint density at radius 1 is 1.05 bits per heavy atom. The van der Waals surface area contributed by atoms with Crippen molar-refractivity contribution >= 4 is 16.9 Å². The molecule has 3 nitrogen and oxygen atoms in total. The molecule has 0 aliphatic heterocycles. The number of halogens is 1. The number of carbonyl (C=O) groups excluding carboxylic acids is 1. The highest BCUT2D eigenvalue weighted by Gasteiger charge is 2.10. The van der Waals surface area contributed by atoms with Crippen LogP contribution in [-0.2, 0) is 22.6 Å². The van der Waals surface area contributed by atoms with Crippen LogP contribution < -0.4 is 0 Å². The lowest BCUT2D eigenvalue weighted by atomic mass is 10.1. The fourth-order valence-electron chi connectivity index (χ4n) is 2.28. The van der Waals surface area contributed by atoms with Crippen LogP contribution in [-0.4, -0.2) is 11.0 Å². The fraction of sp³-hybridized carbons (Fsp3) is 0.111. The zero-order valence-corrected chi connectivity index (χ0v) is 11.8. The summed E-state index contributed by atoms with van der Waals surface area (Å²) in [5.41, 5.74) is 2.11. The largest absolute Gasteiger partial charge is 0.460 e. The van der Waals surface area contributed by atoms with E-state index in [1.807, 2.05) is 30.3 Å². The van der Waals surface area contributed by atoms with Crippen LogP contribution in [0.1, 0.15) is 11.1 Å². The van der Waals surface area contributed by atoms with Gasteiger partial charge in [-0.25, -0.2) is 4.39 Å². The molecule has 3 aromatic rings. The highest BCUT2D eigenvalue weighted by atomic mass is 19.1. The van der Waals surface area contributed by atoms with Gasteiger partial charge in [0.05, 0.1) is 11.9 Å². The van der Waals surface area contributed by atoms with Crippen molar-refractivity contribution in [2.45, 2.75) is 13.0 Å². The molecule has 0 fully saturated rings. The standard InChI is InChI=1S/C18H14FNO2/c19-16-9-8-14(18-15(16)7-4-10-20-18)12-22-17(21)11-13-5-2-1-3-6-13/h1-10H,11-12H2. The summed E-state index contributed by atoms with van der Waals surface area (Å²) in [5.74, 6) is -0.651. The van der Waals surface area contributed by atoms with Crippen molar-refractivity contribution < 1.29 is 13.9 Å². The van der Waals surface area contributed by atoms with E-state index in [9.17, 15) is 9.18 Å². The number of hydrogen-bond acceptors (Lipinski definition) is 3. The van der Waals surface area contributed by atoms with Gasteiger partial charge in [-0.3, -0.25) is 9.78 Å². The summed E-state index contributed by atoms with van der Waals surface area (Å²) in [6.07, 6.45) is 1.81. The van der Waals surface area contributed by atoms with Crippen molar-refractivity contribution in [3.63, 3.8) is 0 Å². The summed E-state index contributed by atoms with van der Waals surface area (Å²) in [6, 6.07) is 15.7. The number of benzene rings is 2. The van der Waals surface area contributed by atoms with E-state index >= 15 is 0 Å². The molecule has 110 valence electrons. The van der Waals surface area contributed by atoms with Crippen LogP contribution in [0.5, 0.6) is 0 Å². The van der Waals surface area contributed by atoms with Crippen molar-refractivity contribution in [2.24, 2.45) is 0 Å². The van der Waals surface area contributed by atoms with Crippen LogP contribution >= 0.6 is 0 Å². The molecule has 0 bridgehead atoms. The van der Waals surface area contributed by atoms with Crippen LogP contribution in [0.15, 0.2) is 60.8 Å². The number of carbonyl (C=O) groups is 1. The molecule has 0 saturated carbocycles. The molecule has 1 aromatic heterocycles. The molecule has 0 amide bonds. The molecule has 22 heavy (non-hydrogen) atoms. The molecular formula is C18H14FNO2. The van der Waals surface area contributed by atoms with Crippen LogP contribution in [0.4, 0.5) is 4.39 Å². The van der Waals surface area contributed by atoms with Crippen molar-refractivity contribution in [3.05, 3.63) is 77.7 Å². The van der Waals surface area contributed by atoms with Gasteiger partial charge in [-0.2, -0.15) is 0 Å². The Labute approximate surface area is 127 Å². The van der Waals surface area contributed by atoms with Crippen molar-refractivity contribution in [1.82, 2.24) is 4.98 Å². The summed E-state index contributed by atoms with van der Waals surface area (Å²) >= 11 is 0. The van der Waals surface area contributed by atoms with Crippen LogP contribution in [0.25, 0.3) is 10.9 Å². The summed E-state index contributed by atoms with van der Waals surface area (Å²) in [7, 11) is 0. The van der Waals surface area contributed by atoms with Gasteiger partial charge in [0.15, 0.2) is 0 Å². The van der Waals surface area contributed by atoms with Gasteiger partial charge < -0.3 is 4.74 Å². The Morgan fingerprint density at radius 2 is 1.86 bits per heavy atom. The predicted octanol–water partition coefficient (Wildman–Crippen LogP) is 3.66. The third-order valence-corrected chi connectivity index (χ3v) is 3.38. The Kier molecular flexibility index (Phi) is 4.10. The zero-order valence-electron chi connectivity index (χ0n) is 11.8. The minimum Gasteiger partial charge on any atom is -0.460 e. The average molecular weight is 295 g/mol. The summed E-state index contributed by atoms with van der Waals surface area (Å²) in [5, 5.41) is 0.430. The fourth-order valence-corrected chi connectivity index (χ4v) is 2.28. The Balaban J connectivity index is 1.72. The minimum atomic E-state index is -0.331. The topological polar surface area (TPSA) is 39.2 Å². The molecule has 0 spiro atoms. The number of hydrogen-bond donors (Lipinski definition) is 0. The second-order valence-electron chi connectivity index (χ2n) is 4.93. The van der Waals surface area contributed by atoms with Gasteiger partial charge in [0.25, 0.3) is 0 Å². The van der Waals surface area contributed by atoms with E-state index in [4.69, 9.17) is 4.74 Å². The van der Waals surface area contributed by atoms with E-state index in [1.54, 1.807) is 24.4 Å². The predicted molar refractivity (Wildman–Crippen MR) is 81.6 cm³/mol. The number of fused-ring (bicyclic) bond motifs is 1. The van der Waals surface area contributed by atoms with Crippen molar-refractivity contribution in [1.29, 1.82) is 0 Å². The maximum Gasteiger partial charge on any atom is 0.310 e. The van der Waals surface area contributed by atoms with E-state index in [-0.39, 0.29) is 24.8 Å². The van der Waals surface area contributed by atoms with Crippen molar-refractivity contribution in [2.75, 3.05) is 0 Å². The van der Waals surface area contributed by atoms with Crippen molar-refractivity contribution in [3.8, 4) is 0 Å². The van der Waals surface area contributed by atoms with Gasteiger partial charge in [-0.15, -0.1) is 0 Å². The first kappa shape index (κ1) is 14.2. The monoisotopic (exact) mass is 295 g/mol. The Morgan fingerprint density at radius 3 is 2.68 bits per heavy atom. The molecule has 0 atom stereocenters. The third kappa shape index (κ3) is 3.11. The smallest absolute Gasteiger partial charge is 0.310 e. The zero-order chi connectivity index (χ0) is 15.4. The normalized spacial score (nSPS) is 10.6. The number of nitrogens with zero attached hydrogens (tertiary/aromatic N) is 1. The molecule has 0 N–H and O–H groups in total. The maximum atomic E-state index is 13.7. The number of esters is 1. The second-order valence-corrected chi connectivity index (χ2v) is 4.93. The van der Waals surface area contributed by atoms with Gasteiger partial charge in [-0.1, -0.05) is 36.4 Å². The lowest BCUT2D eigenvalue weighted by Gasteiger charge is -2.08. The SMILES string of the molecule is O=C(Cc1ccccc1)OCc1ccc(F)c2cccnc12. The number of ether oxygens (including phenoxy) is 1. The average Bonchev–Trinajstić information content (AvgIpc) is 2.55. The van der Waals surface area contributed by atoms with E-state index in [2.05, 4.69) is 4.98 Å². The van der Waals surface area contributed by atoms with Crippen LogP contribution in [0, 0.1) is 5.82 Å². The van der Waals surface area contributed by atoms with E-state index in [0.717, 1.165) is 5.56 Å². The highest BCUT2D eigenvalue weighted by Crippen LogP contribution is 2.20. The van der Waals surface area contributed by atoms with E-state index < -0.39 is 0 Å². The number of rotatable bonds is 4. The minimum absolute atomic E-state index is 0.0828. The van der Waals surface area contributed by atoms with Crippen LogP contribution in [0.3, 0.4) is 0 Å². The lowest BCUT2D eigenvalue weighted by Crippen LogP contribution is -2.08. The molecule has 0 aliphatic rings. The second kappa shape index (κ2) is 6.35. The molecule has 0 radical (unpaired) electrons. The molecule has 0 unspecified atom stereocenters. The lowest BCUT2D eigenvalue weighted by molar-refractivity contribution is -0.144. The first-order chi connectivity index (χ1) is 10.7. The highest BCUT2D eigenvalue weighted by molar-refractivity contribution is 5.82. The van der Waals surface area contributed by atoms with Gasteiger partial charge in [0.1, 0.15) is 12.4 Å². The van der Waals surface area contributed by atoms with E-state index in [0.29, 0.717) is 16.5 Å². The number of pyridine rings is 1. The summed E-state index contributed by atoms with van der Waals surface area (Å²) < 4.78 is 19.0. The maximum absolute atomic E-state index is 13.7. The molecule has 3 rings (SSSR count). The molecule has 0 aliphatic carbocycles.